The molecule has 16 heavy (non-hydrogen) atoms. The minimum Gasteiger partial charge on any atom is -0.494 e. The first-order chi connectivity index (χ1) is 8.15. The molecule has 0 bridgehead atoms. The van der Waals surface area contributed by atoms with Gasteiger partial charge in [0.25, 0.3) is 0 Å². The molecule has 0 amide bonds. The van der Waals surface area contributed by atoms with Gasteiger partial charge in [0.1, 0.15) is 5.75 Å². The Balaban J connectivity index is 2.56. The standard InChI is InChI=1S/C10H12N4O2/c1-3-16-9-6-4-5-8(7-9)14-10(15)13(2)11-12-14/h4-7H,3H2,1-2H3/i7T. The van der Waals surface area contributed by atoms with Gasteiger partial charge in [-0.25, -0.2) is 4.79 Å². The highest BCUT2D eigenvalue weighted by Crippen LogP contribution is 2.14. The summed E-state index contributed by atoms with van der Waals surface area (Å²) in [5, 5.41) is 7.29. The molecule has 2 rings (SSSR count). The van der Waals surface area contributed by atoms with Crippen molar-refractivity contribution in [3.8, 4) is 11.4 Å². The molecule has 1 aromatic carbocycles. The Morgan fingerprint density at radius 1 is 1.50 bits per heavy atom. The normalized spacial score (nSPS) is 11.2. The van der Waals surface area contributed by atoms with Gasteiger partial charge in [0.15, 0.2) is 0 Å². The van der Waals surface area contributed by atoms with Gasteiger partial charge >= 0.3 is 5.69 Å². The van der Waals surface area contributed by atoms with Crippen LogP contribution in [0.5, 0.6) is 5.75 Å². The van der Waals surface area contributed by atoms with Gasteiger partial charge in [-0.3, -0.25) is 0 Å². The summed E-state index contributed by atoms with van der Waals surface area (Å²) in [6.07, 6.45) is 0. The van der Waals surface area contributed by atoms with Gasteiger partial charge in [-0.1, -0.05) is 6.07 Å². The first-order valence-corrected chi connectivity index (χ1v) is 4.87. The third kappa shape index (κ3) is 1.81. The molecule has 1 aromatic heterocycles. The van der Waals surface area contributed by atoms with E-state index in [1.807, 2.05) is 6.92 Å². The zero-order valence-corrected chi connectivity index (χ0v) is 9.04. The van der Waals surface area contributed by atoms with E-state index in [2.05, 4.69) is 10.4 Å². The van der Waals surface area contributed by atoms with Gasteiger partial charge in [-0.15, -0.1) is 0 Å². The number of ether oxygens (including phenoxy) is 1. The van der Waals surface area contributed by atoms with Crippen molar-refractivity contribution in [2.24, 2.45) is 7.05 Å². The van der Waals surface area contributed by atoms with Crippen LogP contribution in [0.1, 0.15) is 8.29 Å². The fraction of sp³-hybridized carbons (Fsp3) is 0.300. The van der Waals surface area contributed by atoms with Crippen molar-refractivity contribution < 1.29 is 6.11 Å². The van der Waals surface area contributed by atoms with Crippen LogP contribution < -0.4 is 10.4 Å². The molecular weight excluding hydrogens is 208 g/mol. The molecule has 0 unspecified atom stereocenters. The molecule has 0 spiro atoms. The van der Waals surface area contributed by atoms with Crippen LogP contribution >= 0.6 is 0 Å². The van der Waals surface area contributed by atoms with E-state index in [1.165, 1.54) is 7.05 Å². The highest BCUT2D eigenvalue weighted by Gasteiger charge is 2.06. The van der Waals surface area contributed by atoms with E-state index in [0.29, 0.717) is 18.0 Å². The molecular formula is C10H12N4O2. The molecule has 0 saturated heterocycles. The van der Waals surface area contributed by atoms with E-state index < -0.39 is 5.69 Å². The zero-order valence-electron chi connectivity index (χ0n) is 10.0. The van der Waals surface area contributed by atoms with E-state index in [4.69, 9.17) is 6.11 Å². The lowest BCUT2D eigenvalue weighted by Gasteiger charge is -2.04. The lowest BCUT2D eigenvalue weighted by atomic mass is 10.3. The van der Waals surface area contributed by atoms with Crippen molar-refractivity contribution in [3.63, 3.8) is 0 Å². The molecule has 0 aliphatic rings. The van der Waals surface area contributed by atoms with E-state index in [1.54, 1.807) is 18.2 Å². The first kappa shape index (κ1) is 9.14. The lowest BCUT2D eigenvalue weighted by Crippen LogP contribution is -2.21. The first-order valence-electron chi connectivity index (χ1n) is 5.37. The molecule has 0 atom stereocenters. The van der Waals surface area contributed by atoms with Gasteiger partial charge in [-0.2, -0.15) is 9.36 Å². The molecule has 6 heteroatoms. The van der Waals surface area contributed by atoms with Crippen molar-refractivity contribution >= 4 is 0 Å². The Morgan fingerprint density at radius 2 is 2.31 bits per heavy atom. The summed E-state index contributed by atoms with van der Waals surface area (Å²) in [6, 6.07) is 5.13. The largest absolute Gasteiger partial charge is 0.494 e. The van der Waals surface area contributed by atoms with Gasteiger partial charge in [0.05, 0.1) is 13.7 Å². The third-order valence-corrected chi connectivity index (χ3v) is 2.00. The van der Waals surface area contributed by atoms with Gasteiger partial charge in [0.2, 0.25) is 0 Å². The molecule has 0 radical (unpaired) electrons. The summed E-state index contributed by atoms with van der Waals surface area (Å²) in [6.45, 7) is 2.30. The fourth-order valence-corrected chi connectivity index (χ4v) is 1.26. The van der Waals surface area contributed by atoms with Crippen LogP contribution in [0.2, 0.25) is 0 Å². The minimum atomic E-state index is -0.396. The van der Waals surface area contributed by atoms with E-state index >= 15 is 0 Å². The summed E-state index contributed by atoms with van der Waals surface area (Å²) in [4.78, 5) is 11.7. The van der Waals surface area contributed by atoms with Crippen LogP contribution in [-0.2, 0) is 7.05 Å². The van der Waals surface area contributed by atoms with Crippen LogP contribution in [0, 0.1) is 0 Å². The van der Waals surface area contributed by atoms with Crippen LogP contribution in [0.25, 0.3) is 5.69 Å². The van der Waals surface area contributed by atoms with E-state index in [-0.39, 0.29) is 6.04 Å². The van der Waals surface area contributed by atoms with Gasteiger partial charge in [-0.05, 0) is 29.5 Å². The number of hydrogen-bond donors (Lipinski definition) is 0. The van der Waals surface area contributed by atoms with Gasteiger partial charge in [0, 0.05) is 13.1 Å². The Morgan fingerprint density at radius 3 is 2.94 bits per heavy atom. The Labute approximate surface area is 93.5 Å². The van der Waals surface area contributed by atoms with Crippen molar-refractivity contribution in [3.05, 3.63) is 34.7 Å². The Bertz CT molecular complexity index is 590. The van der Waals surface area contributed by atoms with Crippen molar-refractivity contribution in [2.75, 3.05) is 6.61 Å². The molecule has 6 nitrogen and oxygen atoms in total. The number of nitrogens with zero attached hydrogens (tertiary/aromatic N) is 4. The molecule has 2 aromatic rings. The van der Waals surface area contributed by atoms with Gasteiger partial charge < -0.3 is 4.74 Å². The summed E-state index contributed by atoms with van der Waals surface area (Å²) >= 11 is 0. The smallest absolute Gasteiger partial charge is 0.368 e. The van der Waals surface area contributed by atoms with Crippen LogP contribution in [0.4, 0.5) is 0 Å². The zero-order chi connectivity index (χ0) is 12.4. The SMILES string of the molecule is [3H]c1c(OCC)cccc1-n1nnn(C)c1=O. The number of tetrazole rings is 1. The summed E-state index contributed by atoms with van der Waals surface area (Å²) in [5.41, 5.74) is -0.0406. The summed E-state index contributed by atoms with van der Waals surface area (Å²) < 4.78 is 15.4. The third-order valence-electron chi connectivity index (χ3n) is 2.00. The molecule has 0 fully saturated rings. The van der Waals surface area contributed by atoms with Crippen LogP contribution in [0.15, 0.2) is 29.0 Å². The van der Waals surface area contributed by atoms with Crippen molar-refractivity contribution in [1.29, 1.82) is 0 Å². The quantitative estimate of drug-likeness (QED) is 0.752. The Kier molecular flexibility index (Phi) is 2.39. The average molecular weight is 222 g/mol. The second-order valence-corrected chi connectivity index (χ2v) is 3.13. The van der Waals surface area contributed by atoms with Crippen molar-refractivity contribution in [2.45, 2.75) is 6.92 Å². The highest BCUT2D eigenvalue weighted by atomic mass is 16.5. The maximum Gasteiger partial charge on any atom is 0.368 e. The predicted molar refractivity (Wildman–Crippen MR) is 57.8 cm³/mol. The molecule has 0 saturated carbocycles. The molecule has 0 aliphatic heterocycles. The monoisotopic (exact) mass is 222 g/mol. The summed E-state index contributed by atoms with van der Waals surface area (Å²) in [5.74, 6) is 0.419. The minimum absolute atomic E-state index is 0.122. The highest BCUT2D eigenvalue weighted by molar-refractivity contribution is 5.37. The second kappa shape index (κ2) is 4.18. The van der Waals surface area contributed by atoms with Crippen molar-refractivity contribution in [1.82, 2.24) is 19.8 Å². The Hall–Kier alpha value is -2.11. The number of aryl methyl sites for hydroxylation is 1. The maximum absolute atomic E-state index is 11.7. The molecule has 1 heterocycles. The average Bonchev–Trinajstić information content (AvgIpc) is 2.64. The van der Waals surface area contributed by atoms with Crippen LogP contribution in [0.3, 0.4) is 0 Å². The molecule has 0 N–H and O–H groups in total. The number of hydrogen-bond acceptors (Lipinski definition) is 4. The van der Waals surface area contributed by atoms with E-state index in [9.17, 15) is 4.79 Å². The molecule has 84 valence electrons. The van der Waals surface area contributed by atoms with Crippen LogP contribution in [-0.4, -0.2) is 26.4 Å². The topological polar surface area (TPSA) is 61.9 Å². The fourth-order valence-electron chi connectivity index (χ4n) is 1.26. The second-order valence-electron chi connectivity index (χ2n) is 3.13. The number of aromatic nitrogens is 4. The summed E-state index contributed by atoms with van der Waals surface area (Å²) in [7, 11) is 1.50. The lowest BCUT2D eigenvalue weighted by molar-refractivity contribution is 0.340. The maximum atomic E-state index is 11.7. The number of benzene rings is 1. The molecule has 0 aliphatic carbocycles. The van der Waals surface area contributed by atoms with E-state index in [0.717, 1.165) is 9.36 Å². The number of rotatable bonds is 3. The predicted octanol–water partition coefficient (Wildman–Crippen LogP) is 0.365.